The van der Waals surface area contributed by atoms with Crippen molar-refractivity contribution < 1.29 is 4.79 Å². The Balaban J connectivity index is 1.83. The zero-order valence-corrected chi connectivity index (χ0v) is 13.2. The van der Waals surface area contributed by atoms with Gasteiger partial charge in [-0.1, -0.05) is 18.2 Å². The van der Waals surface area contributed by atoms with Crippen LogP contribution in [0.25, 0.3) is 0 Å². The van der Waals surface area contributed by atoms with Crippen molar-refractivity contribution in [3.8, 4) is 0 Å². The summed E-state index contributed by atoms with van der Waals surface area (Å²) in [7, 11) is 0. The molecule has 0 fully saturated rings. The van der Waals surface area contributed by atoms with E-state index in [0.29, 0.717) is 6.54 Å². The number of carbonyl (C=O) groups excluding carboxylic acids is 1. The zero-order chi connectivity index (χ0) is 14.7. The number of allylic oxidation sites excluding steroid dienone is 2. The van der Waals surface area contributed by atoms with E-state index in [0.717, 1.165) is 37.2 Å². The molecule has 1 aromatic heterocycles. The van der Waals surface area contributed by atoms with E-state index < -0.39 is 0 Å². The number of hydrogen-bond acceptors (Lipinski definition) is 3. The fraction of sp³-hybridized carbons (Fsp3) is 0.529. The minimum Gasteiger partial charge on any atom is -0.284 e. The van der Waals surface area contributed by atoms with Crippen LogP contribution in [-0.4, -0.2) is 17.4 Å². The topological polar surface area (TPSA) is 33.2 Å². The highest BCUT2D eigenvalue weighted by Crippen LogP contribution is 2.33. The molecule has 0 radical (unpaired) electrons. The smallest absolute Gasteiger partial charge is 0.232 e. The minimum atomic E-state index is 0.107. The quantitative estimate of drug-likeness (QED) is 0.790. The Bertz CT molecular complexity index is 538. The van der Waals surface area contributed by atoms with Gasteiger partial charge in [0.1, 0.15) is 0 Å². The third-order valence-electron chi connectivity index (χ3n) is 4.26. The maximum absolute atomic E-state index is 12.8. The van der Waals surface area contributed by atoms with Gasteiger partial charge in [-0.3, -0.25) is 9.69 Å². The van der Waals surface area contributed by atoms with Crippen molar-refractivity contribution in [2.45, 2.75) is 44.9 Å². The van der Waals surface area contributed by atoms with Crippen molar-refractivity contribution in [3.05, 3.63) is 35.4 Å². The molecule has 3 nitrogen and oxygen atoms in total. The van der Waals surface area contributed by atoms with Crippen LogP contribution < -0.4 is 4.90 Å². The summed E-state index contributed by atoms with van der Waals surface area (Å²) in [5.41, 5.74) is 1.21. The molecule has 3 rings (SSSR count). The van der Waals surface area contributed by atoms with E-state index in [1.165, 1.54) is 23.4 Å². The molecular weight excluding hydrogens is 280 g/mol. The van der Waals surface area contributed by atoms with Gasteiger partial charge in [-0.25, -0.2) is 4.98 Å². The molecular formula is C17H22N2OS. The summed E-state index contributed by atoms with van der Waals surface area (Å²) in [6.07, 6.45) is 13.6. The van der Waals surface area contributed by atoms with Crippen molar-refractivity contribution in [1.29, 1.82) is 0 Å². The molecule has 0 aromatic carbocycles. The Hall–Kier alpha value is -1.42. The highest BCUT2D eigenvalue weighted by atomic mass is 32.1. The van der Waals surface area contributed by atoms with Gasteiger partial charge in [0.15, 0.2) is 5.13 Å². The van der Waals surface area contributed by atoms with Crippen LogP contribution in [-0.2, 0) is 17.6 Å². The second-order valence-electron chi connectivity index (χ2n) is 5.79. The first kappa shape index (κ1) is 14.5. The Kier molecular flexibility index (Phi) is 4.54. The average Bonchev–Trinajstić information content (AvgIpc) is 2.96. The summed E-state index contributed by atoms with van der Waals surface area (Å²) < 4.78 is 0. The number of anilines is 1. The minimum absolute atomic E-state index is 0.107. The molecule has 0 unspecified atom stereocenters. The standard InChI is InChI=1S/C17H22N2OS/c1-2-12-19(16(20)13-8-4-3-5-9-13)17-18-14-10-6-7-11-15(14)21-17/h2-4,13H,1,5-12H2/t13-/m1/s1. The number of nitrogens with zero attached hydrogens (tertiary/aromatic N) is 2. The van der Waals surface area contributed by atoms with Gasteiger partial charge in [0, 0.05) is 17.3 Å². The molecule has 0 spiro atoms. The van der Waals surface area contributed by atoms with Gasteiger partial charge in [0.05, 0.1) is 5.69 Å². The van der Waals surface area contributed by atoms with Crippen molar-refractivity contribution in [1.82, 2.24) is 4.98 Å². The maximum Gasteiger partial charge on any atom is 0.232 e. The van der Waals surface area contributed by atoms with Gasteiger partial charge < -0.3 is 0 Å². The fourth-order valence-corrected chi connectivity index (χ4v) is 4.25. The molecule has 0 bridgehead atoms. The summed E-state index contributed by atoms with van der Waals surface area (Å²) in [5, 5.41) is 0.876. The Labute approximate surface area is 130 Å². The van der Waals surface area contributed by atoms with Gasteiger partial charge in [-0.15, -0.1) is 17.9 Å². The monoisotopic (exact) mass is 302 g/mol. The number of aryl methyl sites for hydroxylation is 2. The number of fused-ring (bicyclic) bond motifs is 1. The lowest BCUT2D eigenvalue weighted by molar-refractivity contribution is -0.122. The normalized spacial score (nSPS) is 20.9. The first-order chi connectivity index (χ1) is 10.3. The van der Waals surface area contributed by atoms with Crippen LogP contribution in [0.2, 0.25) is 0 Å². The number of hydrogen-bond donors (Lipinski definition) is 0. The van der Waals surface area contributed by atoms with Crippen LogP contribution in [0.3, 0.4) is 0 Å². The zero-order valence-electron chi connectivity index (χ0n) is 12.4. The lowest BCUT2D eigenvalue weighted by atomic mass is 9.93. The summed E-state index contributed by atoms with van der Waals surface area (Å²) in [6.45, 7) is 4.37. The molecule has 0 saturated carbocycles. The van der Waals surface area contributed by atoms with Crippen LogP contribution in [0.15, 0.2) is 24.8 Å². The summed E-state index contributed by atoms with van der Waals surface area (Å²) in [4.78, 5) is 20.8. The van der Waals surface area contributed by atoms with Crippen LogP contribution in [0.1, 0.15) is 42.7 Å². The third kappa shape index (κ3) is 3.10. The predicted octanol–water partition coefficient (Wildman–Crippen LogP) is 3.90. The summed E-state index contributed by atoms with van der Waals surface area (Å²) in [6, 6.07) is 0. The van der Waals surface area contributed by atoms with Gasteiger partial charge >= 0.3 is 0 Å². The number of amides is 1. The highest BCUT2D eigenvalue weighted by Gasteiger charge is 2.28. The highest BCUT2D eigenvalue weighted by molar-refractivity contribution is 7.16. The molecule has 4 heteroatoms. The van der Waals surface area contributed by atoms with Crippen molar-refractivity contribution in [3.63, 3.8) is 0 Å². The molecule has 2 aliphatic rings. The van der Waals surface area contributed by atoms with Gasteiger partial charge in [-0.2, -0.15) is 0 Å². The number of rotatable bonds is 4. The van der Waals surface area contributed by atoms with E-state index in [-0.39, 0.29) is 11.8 Å². The summed E-state index contributed by atoms with van der Waals surface area (Å²) >= 11 is 1.70. The van der Waals surface area contributed by atoms with E-state index in [2.05, 4.69) is 18.7 Å². The largest absolute Gasteiger partial charge is 0.284 e. The summed E-state index contributed by atoms with van der Waals surface area (Å²) in [5.74, 6) is 0.321. The molecule has 2 aliphatic carbocycles. The predicted molar refractivity (Wildman–Crippen MR) is 87.8 cm³/mol. The second-order valence-corrected chi connectivity index (χ2v) is 6.85. The lowest BCUT2D eigenvalue weighted by Gasteiger charge is -2.25. The molecule has 21 heavy (non-hydrogen) atoms. The third-order valence-corrected chi connectivity index (χ3v) is 5.44. The van der Waals surface area contributed by atoms with E-state index in [1.54, 1.807) is 17.4 Å². The van der Waals surface area contributed by atoms with Crippen LogP contribution >= 0.6 is 11.3 Å². The molecule has 1 aromatic rings. The van der Waals surface area contributed by atoms with Gasteiger partial charge in [0.25, 0.3) is 0 Å². The molecule has 112 valence electrons. The maximum atomic E-state index is 12.8. The molecule has 1 amide bonds. The number of thiazole rings is 1. The molecule has 1 atom stereocenters. The van der Waals surface area contributed by atoms with E-state index >= 15 is 0 Å². The van der Waals surface area contributed by atoms with Crippen molar-refractivity contribution in [2.75, 3.05) is 11.4 Å². The van der Waals surface area contributed by atoms with Gasteiger partial charge in [0.2, 0.25) is 5.91 Å². The first-order valence-corrected chi connectivity index (χ1v) is 8.67. The lowest BCUT2D eigenvalue weighted by Crippen LogP contribution is -2.36. The van der Waals surface area contributed by atoms with Crippen LogP contribution in [0.4, 0.5) is 5.13 Å². The molecule has 1 heterocycles. The Morgan fingerprint density at radius 2 is 2.29 bits per heavy atom. The Morgan fingerprint density at radius 1 is 1.43 bits per heavy atom. The first-order valence-electron chi connectivity index (χ1n) is 7.85. The fourth-order valence-electron chi connectivity index (χ4n) is 3.08. The SMILES string of the molecule is C=CCN(C(=O)[C@@H]1CC=CCC1)c1nc2c(s1)CCCC2. The van der Waals surface area contributed by atoms with E-state index in [9.17, 15) is 4.79 Å². The van der Waals surface area contributed by atoms with E-state index in [4.69, 9.17) is 4.98 Å². The second kappa shape index (κ2) is 6.56. The van der Waals surface area contributed by atoms with Crippen molar-refractivity contribution >= 4 is 22.4 Å². The Morgan fingerprint density at radius 3 is 3.00 bits per heavy atom. The van der Waals surface area contributed by atoms with Crippen molar-refractivity contribution in [2.24, 2.45) is 5.92 Å². The van der Waals surface area contributed by atoms with Crippen LogP contribution in [0.5, 0.6) is 0 Å². The number of carbonyl (C=O) groups is 1. The molecule has 0 aliphatic heterocycles. The van der Waals surface area contributed by atoms with Crippen LogP contribution in [0, 0.1) is 5.92 Å². The van der Waals surface area contributed by atoms with E-state index in [1.807, 2.05) is 4.90 Å². The molecule has 0 saturated heterocycles. The average molecular weight is 302 g/mol. The number of aromatic nitrogens is 1. The van der Waals surface area contributed by atoms with Gasteiger partial charge in [-0.05, 0) is 44.9 Å². The molecule has 0 N–H and O–H groups in total.